The average Bonchev–Trinajstić information content (AvgIpc) is 2.72. The van der Waals surface area contributed by atoms with Gasteiger partial charge in [0.1, 0.15) is 0 Å². The number of rotatable bonds is 5. The molecule has 0 radical (unpaired) electrons. The molecule has 0 spiro atoms. The van der Waals surface area contributed by atoms with E-state index in [2.05, 4.69) is 35.7 Å². The van der Waals surface area contributed by atoms with Gasteiger partial charge in [0.05, 0.1) is 11.0 Å². The molecule has 98 valence electrons. The molecule has 0 amide bonds. The van der Waals surface area contributed by atoms with E-state index in [-0.39, 0.29) is 4.75 Å². The number of anilines is 1. The molecule has 0 aliphatic carbocycles. The summed E-state index contributed by atoms with van der Waals surface area (Å²) < 4.78 is 2.40. The number of nitrogens with two attached hydrogens (primary N) is 1. The van der Waals surface area contributed by atoms with E-state index < -0.39 is 0 Å². The van der Waals surface area contributed by atoms with Gasteiger partial charge < -0.3 is 10.3 Å². The maximum absolute atomic E-state index is 6.07. The van der Waals surface area contributed by atoms with Crippen molar-refractivity contribution in [3.05, 3.63) is 24.3 Å². The number of para-hydroxylation sites is 2. The lowest BCUT2D eigenvalue weighted by molar-refractivity contribution is 0.476. The van der Waals surface area contributed by atoms with Gasteiger partial charge in [-0.25, -0.2) is 4.98 Å². The molecule has 0 atom stereocenters. The third kappa shape index (κ3) is 2.21. The zero-order valence-corrected chi connectivity index (χ0v) is 12.1. The first kappa shape index (κ1) is 13.3. The van der Waals surface area contributed by atoms with Crippen LogP contribution >= 0.6 is 11.8 Å². The molecular weight excluding hydrogens is 242 g/mol. The van der Waals surface area contributed by atoms with E-state index in [0.717, 1.165) is 30.4 Å². The SMILES string of the molecule is CCC(CC)(Cn1c(N)nc2ccccc21)SC. The smallest absolute Gasteiger partial charge is 0.201 e. The monoisotopic (exact) mass is 263 g/mol. The molecule has 2 rings (SSSR count). The van der Waals surface area contributed by atoms with Gasteiger partial charge in [-0.05, 0) is 31.2 Å². The Labute approximate surface area is 113 Å². The first-order valence-electron chi connectivity index (χ1n) is 6.41. The number of imidazole rings is 1. The summed E-state index contributed by atoms with van der Waals surface area (Å²) in [5, 5.41) is 0. The standard InChI is InChI=1S/C14H21N3S/c1-4-14(5-2,18-3)10-17-12-9-7-6-8-11(12)16-13(17)15/h6-9H,4-5,10H2,1-3H3,(H2,15,16). The fourth-order valence-electron chi connectivity index (χ4n) is 2.38. The highest BCUT2D eigenvalue weighted by Crippen LogP contribution is 2.34. The van der Waals surface area contributed by atoms with Crippen molar-refractivity contribution in [2.24, 2.45) is 0 Å². The second-order valence-electron chi connectivity index (χ2n) is 4.64. The predicted molar refractivity (Wildman–Crippen MR) is 81.0 cm³/mol. The van der Waals surface area contributed by atoms with Crippen LogP contribution in [0.15, 0.2) is 24.3 Å². The molecule has 3 nitrogen and oxygen atoms in total. The summed E-state index contributed by atoms with van der Waals surface area (Å²) in [6.45, 7) is 5.41. The zero-order valence-electron chi connectivity index (χ0n) is 11.3. The Bertz CT molecular complexity index is 521. The number of hydrogen-bond acceptors (Lipinski definition) is 3. The van der Waals surface area contributed by atoms with Crippen LogP contribution in [0, 0.1) is 0 Å². The first-order valence-corrected chi connectivity index (χ1v) is 7.64. The molecule has 0 saturated heterocycles. The van der Waals surface area contributed by atoms with Crippen LogP contribution in [-0.2, 0) is 6.54 Å². The zero-order chi connectivity index (χ0) is 13.2. The van der Waals surface area contributed by atoms with Crippen molar-refractivity contribution in [2.75, 3.05) is 12.0 Å². The van der Waals surface area contributed by atoms with Crippen LogP contribution in [0.4, 0.5) is 5.95 Å². The van der Waals surface area contributed by atoms with Gasteiger partial charge in [-0.2, -0.15) is 11.8 Å². The summed E-state index contributed by atoms with van der Waals surface area (Å²) in [4.78, 5) is 4.43. The Morgan fingerprint density at radius 2 is 1.94 bits per heavy atom. The van der Waals surface area contributed by atoms with Crippen LogP contribution in [-0.4, -0.2) is 20.6 Å². The Morgan fingerprint density at radius 1 is 1.28 bits per heavy atom. The fraction of sp³-hybridized carbons (Fsp3) is 0.500. The second kappa shape index (κ2) is 5.22. The van der Waals surface area contributed by atoms with Crippen LogP contribution in [0.3, 0.4) is 0 Å². The number of nitrogens with zero attached hydrogens (tertiary/aromatic N) is 2. The maximum Gasteiger partial charge on any atom is 0.201 e. The minimum absolute atomic E-state index is 0.248. The third-order valence-electron chi connectivity index (χ3n) is 3.85. The molecular formula is C14H21N3S. The van der Waals surface area contributed by atoms with Crippen molar-refractivity contribution >= 4 is 28.7 Å². The van der Waals surface area contributed by atoms with Gasteiger partial charge in [-0.3, -0.25) is 0 Å². The van der Waals surface area contributed by atoms with E-state index in [4.69, 9.17) is 5.73 Å². The predicted octanol–water partition coefficient (Wildman–Crippen LogP) is 3.54. The van der Waals surface area contributed by atoms with E-state index in [0.29, 0.717) is 5.95 Å². The van der Waals surface area contributed by atoms with Crippen molar-refractivity contribution < 1.29 is 0 Å². The van der Waals surface area contributed by atoms with Gasteiger partial charge in [0.2, 0.25) is 5.95 Å². The minimum Gasteiger partial charge on any atom is -0.369 e. The summed E-state index contributed by atoms with van der Waals surface area (Å²) >= 11 is 1.93. The highest BCUT2D eigenvalue weighted by atomic mass is 32.2. The van der Waals surface area contributed by atoms with Gasteiger partial charge in [0.25, 0.3) is 0 Å². The molecule has 0 aliphatic heterocycles. The fourth-order valence-corrected chi connectivity index (χ4v) is 3.21. The molecule has 1 heterocycles. The van der Waals surface area contributed by atoms with Crippen molar-refractivity contribution in [1.29, 1.82) is 0 Å². The molecule has 1 aromatic heterocycles. The highest BCUT2D eigenvalue weighted by Gasteiger charge is 2.27. The lowest BCUT2D eigenvalue weighted by Crippen LogP contribution is -2.29. The molecule has 4 heteroatoms. The lowest BCUT2D eigenvalue weighted by atomic mass is 10.0. The van der Waals surface area contributed by atoms with Crippen molar-refractivity contribution in [3.63, 3.8) is 0 Å². The van der Waals surface area contributed by atoms with Crippen LogP contribution in [0.25, 0.3) is 11.0 Å². The van der Waals surface area contributed by atoms with Crippen molar-refractivity contribution in [2.45, 2.75) is 38.0 Å². The van der Waals surface area contributed by atoms with E-state index in [1.54, 1.807) is 0 Å². The van der Waals surface area contributed by atoms with Crippen molar-refractivity contribution in [3.8, 4) is 0 Å². The van der Waals surface area contributed by atoms with Crippen molar-refractivity contribution in [1.82, 2.24) is 9.55 Å². The first-order chi connectivity index (χ1) is 8.65. The number of nitrogen functional groups attached to an aromatic ring is 1. The topological polar surface area (TPSA) is 43.8 Å². The third-order valence-corrected chi connectivity index (χ3v) is 5.42. The Balaban J connectivity index is 2.45. The molecule has 0 saturated carbocycles. The Morgan fingerprint density at radius 3 is 2.56 bits per heavy atom. The number of hydrogen-bond donors (Lipinski definition) is 1. The molecule has 0 bridgehead atoms. The normalized spacial score (nSPS) is 12.2. The Kier molecular flexibility index (Phi) is 3.85. The summed E-state index contributed by atoms with van der Waals surface area (Å²) in [6.07, 6.45) is 4.45. The summed E-state index contributed by atoms with van der Waals surface area (Å²) in [6, 6.07) is 8.15. The molecule has 1 aromatic carbocycles. The van der Waals surface area contributed by atoms with Gasteiger partial charge in [0, 0.05) is 11.3 Å². The summed E-state index contributed by atoms with van der Waals surface area (Å²) in [5.74, 6) is 0.622. The summed E-state index contributed by atoms with van der Waals surface area (Å²) in [5.41, 5.74) is 8.19. The number of aromatic nitrogens is 2. The van der Waals surface area contributed by atoms with Crippen LogP contribution in [0.2, 0.25) is 0 Å². The molecule has 0 aliphatic rings. The maximum atomic E-state index is 6.07. The average molecular weight is 263 g/mol. The van der Waals surface area contributed by atoms with Crippen LogP contribution < -0.4 is 5.73 Å². The van der Waals surface area contributed by atoms with E-state index in [1.165, 1.54) is 0 Å². The molecule has 0 fully saturated rings. The van der Waals surface area contributed by atoms with Gasteiger partial charge in [-0.15, -0.1) is 0 Å². The number of fused-ring (bicyclic) bond motifs is 1. The van der Waals surface area contributed by atoms with Crippen LogP contribution in [0.5, 0.6) is 0 Å². The molecule has 18 heavy (non-hydrogen) atoms. The van der Waals surface area contributed by atoms with E-state index in [1.807, 2.05) is 30.0 Å². The molecule has 2 aromatic rings. The largest absolute Gasteiger partial charge is 0.369 e. The van der Waals surface area contributed by atoms with E-state index in [9.17, 15) is 0 Å². The Hall–Kier alpha value is -1.16. The number of thioether (sulfide) groups is 1. The summed E-state index contributed by atoms with van der Waals surface area (Å²) in [7, 11) is 0. The lowest BCUT2D eigenvalue weighted by Gasteiger charge is -2.30. The minimum atomic E-state index is 0.248. The second-order valence-corrected chi connectivity index (χ2v) is 5.91. The molecule has 2 N–H and O–H groups in total. The van der Waals surface area contributed by atoms with Gasteiger partial charge >= 0.3 is 0 Å². The molecule has 0 unspecified atom stereocenters. The van der Waals surface area contributed by atoms with E-state index >= 15 is 0 Å². The van der Waals surface area contributed by atoms with Crippen LogP contribution in [0.1, 0.15) is 26.7 Å². The number of benzene rings is 1. The van der Waals surface area contributed by atoms with Gasteiger partial charge in [0.15, 0.2) is 0 Å². The quantitative estimate of drug-likeness (QED) is 0.897. The highest BCUT2D eigenvalue weighted by molar-refractivity contribution is 8.00. The van der Waals surface area contributed by atoms with Gasteiger partial charge in [-0.1, -0.05) is 26.0 Å².